The Morgan fingerprint density at radius 1 is 1.24 bits per heavy atom. The van der Waals surface area contributed by atoms with E-state index in [4.69, 9.17) is 4.74 Å². The number of halogens is 1. The number of nitrogens with zero attached hydrogens (tertiary/aromatic N) is 2. The zero-order valence-corrected chi connectivity index (χ0v) is 17.2. The van der Waals surface area contributed by atoms with Crippen molar-refractivity contribution >= 4 is 29.8 Å². The number of amides is 1. The lowest BCUT2D eigenvalue weighted by molar-refractivity contribution is -0.140. The number of hydrogen-bond acceptors (Lipinski definition) is 5. The van der Waals surface area contributed by atoms with Crippen LogP contribution in [0, 0.1) is 11.8 Å². The van der Waals surface area contributed by atoms with Crippen molar-refractivity contribution in [3.8, 4) is 5.75 Å². The molecule has 6 aliphatic rings. The Labute approximate surface area is 175 Å². The van der Waals surface area contributed by atoms with Crippen LogP contribution in [-0.4, -0.2) is 60.6 Å². The first kappa shape index (κ1) is 19.1. The molecule has 0 aromatic heterocycles. The first-order valence-electron chi connectivity index (χ1n) is 10.2. The van der Waals surface area contributed by atoms with Crippen molar-refractivity contribution in [1.82, 2.24) is 4.90 Å². The molecule has 1 aliphatic carbocycles. The molecule has 154 valence electrons. The number of piperidine rings is 1. The van der Waals surface area contributed by atoms with Crippen molar-refractivity contribution in [3.63, 3.8) is 0 Å². The molecule has 5 aliphatic heterocycles. The number of para-hydroxylation sites is 1. The predicted molar refractivity (Wildman–Crippen MR) is 109 cm³/mol. The van der Waals surface area contributed by atoms with E-state index in [-0.39, 0.29) is 53.8 Å². The first-order valence-corrected chi connectivity index (χ1v) is 10.2. The fourth-order valence-corrected chi connectivity index (χ4v) is 6.71. The van der Waals surface area contributed by atoms with Crippen molar-refractivity contribution in [2.24, 2.45) is 11.8 Å². The molecule has 3 saturated heterocycles. The maximum Gasteiger partial charge on any atom is 0.230 e. The Hall–Kier alpha value is -1.89. The summed E-state index contributed by atoms with van der Waals surface area (Å²) in [4.78, 5) is 31.1. The van der Waals surface area contributed by atoms with E-state index in [0.29, 0.717) is 31.6 Å². The molecule has 7 rings (SSSR count). The summed E-state index contributed by atoms with van der Waals surface area (Å²) in [6, 6.07) is 5.10. The Balaban J connectivity index is 0.00000181. The lowest BCUT2D eigenvalue weighted by atomic mass is 9.55. The van der Waals surface area contributed by atoms with E-state index in [9.17, 15) is 14.7 Å². The number of phenols is 1. The van der Waals surface area contributed by atoms with Gasteiger partial charge in [0, 0.05) is 18.9 Å². The van der Waals surface area contributed by atoms with E-state index in [0.717, 1.165) is 18.7 Å². The summed E-state index contributed by atoms with van der Waals surface area (Å²) in [6.07, 6.45) is 3.44. The SMILES string of the molecule is CN1CC[C@]23C(=O)C[C@H]4C(=CCO[C@H]5CC(=O)N(c6c(O)cccc62)[C@H]3[C@H]54)C1.Cl. The summed E-state index contributed by atoms with van der Waals surface area (Å²) >= 11 is 0. The van der Waals surface area contributed by atoms with Crippen molar-refractivity contribution in [2.75, 3.05) is 31.6 Å². The number of fused-ring (bicyclic) bond motifs is 6. The van der Waals surface area contributed by atoms with Crippen LogP contribution < -0.4 is 4.90 Å². The van der Waals surface area contributed by atoms with Crippen LogP contribution in [0.25, 0.3) is 0 Å². The molecule has 4 fully saturated rings. The summed E-state index contributed by atoms with van der Waals surface area (Å²) in [5.74, 6) is 0.455. The summed E-state index contributed by atoms with van der Waals surface area (Å²) < 4.78 is 6.17. The number of rotatable bonds is 0. The Morgan fingerprint density at radius 3 is 2.90 bits per heavy atom. The number of anilines is 1. The van der Waals surface area contributed by atoms with E-state index in [1.54, 1.807) is 17.0 Å². The molecule has 1 N–H and O–H groups in total. The molecular formula is C22H25ClN2O4. The van der Waals surface area contributed by atoms with Crippen molar-refractivity contribution in [2.45, 2.75) is 36.8 Å². The monoisotopic (exact) mass is 416 g/mol. The second-order valence-electron chi connectivity index (χ2n) is 9.01. The van der Waals surface area contributed by atoms with Crippen LogP contribution in [0.2, 0.25) is 0 Å². The Morgan fingerprint density at radius 2 is 2.07 bits per heavy atom. The number of benzene rings is 1. The van der Waals surface area contributed by atoms with Crippen LogP contribution in [0.1, 0.15) is 24.8 Å². The van der Waals surface area contributed by atoms with Gasteiger partial charge in [-0.3, -0.25) is 9.59 Å². The lowest BCUT2D eigenvalue weighted by Crippen LogP contribution is -2.66. The molecule has 7 heteroatoms. The van der Waals surface area contributed by atoms with Gasteiger partial charge in [0.05, 0.1) is 36.3 Å². The van der Waals surface area contributed by atoms with Crippen LogP contribution in [0.5, 0.6) is 5.75 Å². The number of carbonyl (C=O) groups is 2. The molecule has 6 nitrogen and oxygen atoms in total. The van der Waals surface area contributed by atoms with Crippen molar-refractivity contribution in [1.29, 1.82) is 0 Å². The number of aromatic hydroxyl groups is 1. The number of phenolic OH excluding ortho intramolecular Hbond substituents is 1. The number of hydrogen-bond donors (Lipinski definition) is 1. The second kappa shape index (κ2) is 6.30. The molecule has 5 atom stereocenters. The summed E-state index contributed by atoms with van der Waals surface area (Å²) in [5, 5.41) is 10.7. The van der Waals surface area contributed by atoms with Crippen LogP contribution in [-0.2, 0) is 19.7 Å². The minimum Gasteiger partial charge on any atom is -0.506 e. The van der Waals surface area contributed by atoms with E-state index in [2.05, 4.69) is 18.0 Å². The summed E-state index contributed by atoms with van der Waals surface area (Å²) in [5.41, 5.74) is 1.91. The van der Waals surface area contributed by atoms with Gasteiger partial charge in [0.15, 0.2) is 0 Å². The number of Topliss-reactive ketones (excluding diaryl/α,β-unsaturated/α-hetero) is 1. The minimum absolute atomic E-state index is 0. The maximum absolute atomic E-state index is 13.8. The van der Waals surface area contributed by atoms with Crippen molar-refractivity contribution < 1.29 is 19.4 Å². The third-order valence-corrected chi connectivity index (χ3v) is 7.80. The molecule has 1 saturated carbocycles. The molecule has 0 unspecified atom stereocenters. The van der Waals surface area contributed by atoms with Gasteiger partial charge >= 0.3 is 0 Å². The maximum atomic E-state index is 13.8. The molecule has 1 amide bonds. The zero-order valence-electron chi connectivity index (χ0n) is 16.3. The van der Waals surface area contributed by atoms with Crippen LogP contribution in [0.3, 0.4) is 0 Å². The molecule has 4 bridgehead atoms. The minimum atomic E-state index is -0.749. The zero-order chi connectivity index (χ0) is 19.2. The molecule has 5 heterocycles. The largest absolute Gasteiger partial charge is 0.506 e. The summed E-state index contributed by atoms with van der Waals surface area (Å²) in [7, 11) is 2.10. The number of ether oxygens (including phenoxy) is 1. The molecule has 0 radical (unpaired) electrons. The first-order chi connectivity index (χ1) is 13.5. The van der Waals surface area contributed by atoms with E-state index in [1.165, 1.54) is 5.57 Å². The average molecular weight is 417 g/mol. The van der Waals surface area contributed by atoms with Gasteiger partial charge < -0.3 is 19.6 Å². The van der Waals surface area contributed by atoms with Crippen LogP contribution >= 0.6 is 12.4 Å². The van der Waals surface area contributed by atoms with E-state index < -0.39 is 5.41 Å². The highest BCUT2D eigenvalue weighted by Gasteiger charge is 2.68. The quantitative estimate of drug-likeness (QED) is 0.655. The van der Waals surface area contributed by atoms with E-state index >= 15 is 0 Å². The predicted octanol–water partition coefficient (Wildman–Crippen LogP) is 2.04. The fraction of sp³-hybridized carbons (Fsp3) is 0.545. The molecule has 1 spiro atoms. The van der Waals surface area contributed by atoms with Gasteiger partial charge in [0.2, 0.25) is 5.91 Å². The van der Waals surface area contributed by atoms with Crippen molar-refractivity contribution in [3.05, 3.63) is 35.4 Å². The van der Waals surface area contributed by atoms with Gasteiger partial charge in [-0.25, -0.2) is 0 Å². The number of likely N-dealkylation sites (N-methyl/N-ethyl adjacent to an activating group) is 1. The molecule has 29 heavy (non-hydrogen) atoms. The number of ketones is 1. The summed E-state index contributed by atoms with van der Waals surface area (Å²) in [6.45, 7) is 2.12. The lowest BCUT2D eigenvalue weighted by Gasteiger charge is -2.53. The van der Waals surface area contributed by atoms with E-state index in [1.807, 2.05) is 6.07 Å². The van der Waals surface area contributed by atoms with Gasteiger partial charge in [-0.15, -0.1) is 12.4 Å². The highest BCUT2D eigenvalue weighted by atomic mass is 35.5. The van der Waals surface area contributed by atoms with Gasteiger partial charge in [-0.05, 0) is 37.6 Å². The highest BCUT2D eigenvalue weighted by molar-refractivity contribution is 6.07. The van der Waals surface area contributed by atoms with Gasteiger partial charge in [0.25, 0.3) is 0 Å². The van der Waals surface area contributed by atoms with Gasteiger partial charge in [0.1, 0.15) is 11.5 Å². The Kier molecular flexibility index (Phi) is 4.15. The topological polar surface area (TPSA) is 70.1 Å². The fourth-order valence-electron chi connectivity index (χ4n) is 6.71. The smallest absolute Gasteiger partial charge is 0.230 e. The van der Waals surface area contributed by atoms with Gasteiger partial charge in [-0.2, -0.15) is 0 Å². The standard InChI is InChI=1S/C22H24N2O4.ClH/c1-23-7-6-22-14-3-2-4-15(25)20(14)24-18(27)10-16-19(21(22)24)13(9-17(22)26)12(11-23)5-8-28-16;/h2-5,13,16,19,21,25H,6-11H2,1H3;1H/t13-,16-,19-,21-,22+;/m0./s1. The third-order valence-electron chi connectivity index (χ3n) is 7.80. The number of carbonyl (C=O) groups excluding carboxylic acids is 2. The normalized spacial score (nSPS) is 37.7. The average Bonchev–Trinajstić information content (AvgIpc) is 2.92. The molecule has 1 aromatic rings. The van der Waals surface area contributed by atoms with Crippen LogP contribution in [0.4, 0.5) is 5.69 Å². The molecule has 1 aromatic carbocycles. The highest BCUT2D eigenvalue weighted by Crippen LogP contribution is 2.62. The third kappa shape index (κ3) is 2.25. The molecular weight excluding hydrogens is 392 g/mol. The van der Waals surface area contributed by atoms with Gasteiger partial charge in [-0.1, -0.05) is 23.8 Å². The second-order valence-corrected chi connectivity index (χ2v) is 9.01. The Bertz CT molecular complexity index is 947. The van der Waals surface area contributed by atoms with Crippen LogP contribution in [0.15, 0.2) is 29.8 Å².